The smallest absolute Gasteiger partial charge is 0.337 e. The van der Waals surface area contributed by atoms with E-state index in [2.05, 4.69) is 4.72 Å². The van der Waals surface area contributed by atoms with Crippen molar-refractivity contribution in [3.8, 4) is 6.07 Å². The van der Waals surface area contributed by atoms with Crippen LogP contribution in [0.1, 0.15) is 27.0 Å². The summed E-state index contributed by atoms with van der Waals surface area (Å²) in [7, 11) is -2.60. The van der Waals surface area contributed by atoms with Gasteiger partial charge in [-0.05, 0) is 60.2 Å². The molecule has 0 atom stereocenters. The first kappa shape index (κ1) is 23.8. The van der Waals surface area contributed by atoms with E-state index in [4.69, 9.17) is 5.26 Å². The first-order valence-corrected chi connectivity index (χ1v) is 11.0. The summed E-state index contributed by atoms with van der Waals surface area (Å²) in [5.41, 5.74) is 0.244. The normalized spacial score (nSPS) is 11.5. The minimum atomic E-state index is -4.61. The highest BCUT2D eigenvalue weighted by Crippen LogP contribution is 2.31. The minimum Gasteiger partial charge on any atom is -0.337 e. The fourth-order valence-electron chi connectivity index (χ4n) is 3.06. The third-order valence-corrected chi connectivity index (χ3v) is 6.07. The Kier molecular flexibility index (Phi) is 6.74. The quantitative estimate of drug-likeness (QED) is 0.564. The number of sulfonamides is 1. The monoisotopic (exact) mass is 473 g/mol. The molecule has 0 aliphatic rings. The Hall–Kier alpha value is -3.84. The number of nitrogens with one attached hydrogen (secondary N) is 1. The van der Waals surface area contributed by atoms with E-state index in [1.807, 2.05) is 6.07 Å². The van der Waals surface area contributed by atoms with Gasteiger partial charge in [0.05, 0.1) is 22.1 Å². The second-order valence-electron chi connectivity index (χ2n) is 7.18. The Morgan fingerprint density at radius 2 is 1.70 bits per heavy atom. The molecule has 3 aromatic carbocycles. The fraction of sp³-hybridized carbons (Fsp3) is 0.130. The van der Waals surface area contributed by atoms with Crippen LogP contribution in [0.3, 0.4) is 0 Å². The molecule has 0 aliphatic heterocycles. The molecule has 170 valence electrons. The van der Waals surface area contributed by atoms with Crippen LogP contribution in [0.2, 0.25) is 0 Å². The van der Waals surface area contributed by atoms with Gasteiger partial charge in [0.1, 0.15) is 0 Å². The summed E-state index contributed by atoms with van der Waals surface area (Å²) in [6, 6.07) is 17.7. The maximum absolute atomic E-state index is 12.9. The van der Waals surface area contributed by atoms with E-state index in [1.165, 1.54) is 35.2 Å². The zero-order valence-electron chi connectivity index (χ0n) is 17.3. The van der Waals surface area contributed by atoms with Gasteiger partial charge in [0.2, 0.25) is 0 Å². The largest absolute Gasteiger partial charge is 0.416 e. The van der Waals surface area contributed by atoms with E-state index in [0.717, 1.165) is 17.7 Å². The second-order valence-corrected chi connectivity index (χ2v) is 8.86. The number of rotatable bonds is 6. The van der Waals surface area contributed by atoms with Gasteiger partial charge in [-0.25, -0.2) is 8.42 Å². The van der Waals surface area contributed by atoms with Gasteiger partial charge < -0.3 is 4.90 Å². The summed E-state index contributed by atoms with van der Waals surface area (Å²) >= 11 is 0. The standard InChI is InChI=1S/C23H18F3N3O3S/c1-29(15-17-5-2-4-16(12-17)14-27)22(30)18-8-10-21(11-9-18)33(31,32)28-20-7-3-6-19(13-20)23(24,25)26/h2-13,28H,15H2,1H3. The predicted octanol–water partition coefficient (Wildman–Crippen LogP) is 4.65. The van der Waals surface area contributed by atoms with Crippen LogP contribution >= 0.6 is 0 Å². The van der Waals surface area contributed by atoms with E-state index >= 15 is 0 Å². The lowest BCUT2D eigenvalue weighted by Gasteiger charge is -2.18. The number of carbonyl (C=O) groups excluding carboxylic acids is 1. The Morgan fingerprint density at radius 1 is 1.03 bits per heavy atom. The van der Waals surface area contributed by atoms with Crippen LogP contribution in [0.4, 0.5) is 18.9 Å². The van der Waals surface area contributed by atoms with E-state index in [9.17, 15) is 26.4 Å². The average molecular weight is 473 g/mol. The number of hydrogen-bond donors (Lipinski definition) is 1. The Morgan fingerprint density at radius 3 is 2.33 bits per heavy atom. The zero-order chi connectivity index (χ0) is 24.2. The number of hydrogen-bond acceptors (Lipinski definition) is 4. The van der Waals surface area contributed by atoms with Gasteiger partial charge in [-0.3, -0.25) is 9.52 Å². The molecule has 0 radical (unpaired) electrons. The summed E-state index contributed by atoms with van der Waals surface area (Å²) in [6.45, 7) is 0.242. The molecule has 1 amide bonds. The number of amides is 1. The molecule has 0 saturated heterocycles. The van der Waals surface area contributed by atoms with Crippen LogP contribution in [-0.4, -0.2) is 26.3 Å². The predicted molar refractivity (Wildman–Crippen MR) is 116 cm³/mol. The molecule has 0 aliphatic carbocycles. The number of anilines is 1. The van der Waals surface area contributed by atoms with Crippen LogP contribution in [0.15, 0.2) is 77.7 Å². The Labute approximate surface area is 188 Å². The third kappa shape index (κ3) is 5.90. The van der Waals surface area contributed by atoms with Gasteiger partial charge in [-0.15, -0.1) is 0 Å². The molecule has 0 fully saturated rings. The van der Waals surface area contributed by atoms with Gasteiger partial charge in [0.15, 0.2) is 0 Å². The molecule has 6 nitrogen and oxygen atoms in total. The molecular weight excluding hydrogens is 455 g/mol. The van der Waals surface area contributed by atoms with Crippen LogP contribution in [-0.2, 0) is 22.7 Å². The molecule has 0 heterocycles. The van der Waals surface area contributed by atoms with Crippen LogP contribution in [0, 0.1) is 11.3 Å². The van der Waals surface area contributed by atoms with E-state index in [0.29, 0.717) is 11.6 Å². The van der Waals surface area contributed by atoms with Crippen LogP contribution in [0.25, 0.3) is 0 Å². The van der Waals surface area contributed by atoms with Gasteiger partial charge in [-0.2, -0.15) is 18.4 Å². The lowest BCUT2D eigenvalue weighted by Crippen LogP contribution is -2.26. The zero-order valence-corrected chi connectivity index (χ0v) is 18.1. The first-order chi connectivity index (χ1) is 15.5. The molecule has 0 unspecified atom stereocenters. The van der Waals surface area contributed by atoms with Crippen molar-refractivity contribution < 1.29 is 26.4 Å². The van der Waals surface area contributed by atoms with E-state index in [1.54, 1.807) is 31.3 Å². The number of benzene rings is 3. The third-order valence-electron chi connectivity index (χ3n) is 4.68. The number of halogens is 3. The Bertz CT molecular complexity index is 1320. The maximum Gasteiger partial charge on any atom is 0.416 e. The van der Waals surface area contributed by atoms with Gasteiger partial charge in [-0.1, -0.05) is 18.2 Å². The molecule has 1 N–H and O–H groups in total. The highest BCUT2D eigenvalue weighted by Gasteiger charge is 2.30. The van der Waals surface area contributed by atoms with Crippen molar-refractivity contribution in [1.29, 1.82) is 5.26 Å². The van der Waals surface area contributed by atoms with Crippen molar-refractivity contribution in [3.63, 3.8) is 0 Å². The van der Waals surface area contributed by atoms with Crippen molar-refractivity contribution in [3.05, 3.63) is 95.1 Å². The molecule has 3 aromatic rings. The van der Waals surface area contributed by atoms with Crippen LogP contribution < -0.4 is 4.72 Å². The van der Waals surface area contributed by atoms with Gasteiger partial charge in [0, 0.05) is 24.8 Å². The van der Waals surface area contributed by atoms with Gasteiger partial charge >= 0.3 is 6.18 Å². The molecule has 33 heavy (non-hydrogen) atoms. The van der Waals surface area contributed by atoms with Crippen molar-refractivity contribution in [2.75, 3.05) is 11.8 Å². The van der Waals surface area contributed by atoms with E-state index < -0.39 is 21.8 Å². The summed E-state index contributed by atoms with van der Waals surface area (Å²) in [5.74, 6) is -0.368. The summed E-state index contributed by atoms with van der Waals surface area (Å²) < 4.78 is 65.8. The molecule has 10 heteroatoms. The topological polar surface area (TPSA) is 90.3 Å². The lowest BCUT2D eigenvalue weighted by atomic mass is 10.1. The summed E-state index contributed by atoms with van der Waals surface area (Å²) in [6.07, 6.45) is -4.61. The van der Waals surface area contributed by atoms with Gasteiger partial charge in [0.25, 0.3) is 15.9 Å². The average Bonchev–Trinajstić information content (AvgIpc) is 2.78. The van der Waals surface area contributed by atoms with Crippen LogP contribution in [0.5, 0.6) is 0 Å². The first-order valence-electron chi connectivity index (χ1n) is 9.54. The molecule has 0 aromatic heterocycles. The number of nitriles is 1. The molecular formula is C23H18F3N3O3S. The highest BCUT2D eigenvalue weighted by molar-refractivity contribution is 7.92. The van der Waals surface area contributed by atoms with Crippen molar-refractivity contribution >= 4 is 21.6 Å². The number of alkyl halides is 3. The van der Waals surface area contributed by atoms with Crippen molar-refractivity contribution in [1.82, 2.24) is 4.90 Å². The molecule has 0 saturated carbocycles. The minimum absolute atomic E-state index is 0.208. The Balaban J connectivity index is 1.73. The van der Waals surface area contributed by atoms with Crippen molar-refractivity contribution in [2.24, 2.45) is 0 Å². The highest BCUT2D eigenvalue weighted by atomic mass is 32.2. The lowest BCUT2D eigenvalue weighted by molar-refractivity contribution is -0.137. The SMILES string of the molecule is CN(Cc1cccc(C#N)c1)C(=O)c1ccc(S(=O)(=O)Nc2cccc(C(F)(F)F)c2)cc1. The van der Waals surface area contributed by atoms with E-state index in [-0.39, 0.29) is 28.6 Å². The number of carbonyl (C=O) groups is 1. The fourth-order valence-corrected chi connectivity index (χ4v) is 4.10. The summed E-state index contributed by atoms with van der Waals surface area (Å²) in [4.78, 5) is 13.9. The molecule has 0 bridgehead atoms. The second kappa shape index (κ2) is 9.34. The molecule has 3 rings (SSSR count). The summed E-state index contributed by atoms with van der Waals surface area (Å²) in [5, 5.41) is 8.98. The number of nitrogens with zero attached hydrogens (tertiary/aromatic N) is 2. The van der Waals surface area contributed by atoms with Crippen molar-refractivity contribution in [2.45, 2.75) is 17.6 Å². The maximum atomic E-state index is 12.9. The molecule has 0 spiro atoms.